The van der Waals surface area contributed by atoms with Crippen LogP contribution in [0.1, 0.15) is 64.2 Å². The third-order valence-corrected chi connectivity index (χ3v) is 6.67. The molecule has 0 spiro atoms. The highest BCUT2D eigenvalue weighted by Gasteiger charge is 2.34. The molecule has 32 heavy (non-hydrogen) atoms. The van der Waals surface area contributed by atoms with Crippen LogP contribution in [0, 0.1) is 0 Å². The number of aliphatic imine (C=N–C) groups is 1. The predicted molar refractivity (Wildman–Crippen MR) is 126 cm³/mol. The summed E-state index contributed by atoms with van der Waals surface area (Å²) in [7, 11) is 3.34. The maximum atomic E-state index is 13.1. The van der Waals surface area contributed by atoms with Crippen molar-refractivity contribution in [2.24, 2.45) is 4.99 Å². The second-order valence-electron chi connectivity index (χ2n) is 8.51. The zero-order chi connectivity index (χ0) is 22.1. The van der Waals surface area contributed by atoms with Gasteiger partial charge in [-0.15, -0.1) is 0 Å². The summed E-state index contributed by atoms with van der Waals surface area (Å²) < 4.78 is 11.2. The van der Waals surface area contributed by atoms with Crippen molar-refractivity contribution in [1.29, 1.82) is 0 Å². The van der Waals surface area contributed by atoms with Gasteiger partial charge in [-0.3, -0.25) is 9.79 Å². The van der Waals surface area contributed by atoms with Crippen molar-refractivity contribution in [1.82, 2.24) is 0 Å². The van der Waals surface area contributed by atoms with Gasteiger partial charge in [-0.05, 0) is 36.6 Å². The van der Waals surface area contributed by atoms with Crippen LogP contribution in [0.2, 0.25) is 0 Å². The average molecular weight is 426 g/mol. The lowest BCUT2D eigenvalue weighted by Gasteiger charge is -2.35. The first-order chi connectivity index (χ1) is 15.7. The number of ketones is 1. The molecule has 1 aliphatic heterocycles. The van der Waals surface area contributed by atoms with Gasteiger partial charge < -0.3 is 9.47 Å². The van der Waals surface area contributed by atoms with Crippen molar-refractivity contribution >= 4 is 11.5 Å². The van der Waals surface area contributed by atoms with E-state index < -0.39 is 0 Å². The van der Waals surface area contributed by atoms with Gasteiger partial charge in [0.1, 0.15) is 0 Å². The first-order valence-corrected chi connectivity index (χ1v) is 11.2. The molecule has 4 nitrogen and oxygen atoms in total. The molecule has 0 bridgehead atoms. The predicted octanol–water partition coefficient (Wildman–Crippen LogP) is 5.81. The topological polar surface area (TPSA) is 47.9 Å². The summed E-state index contributed by atoms with van der Waals surface area (Å²) in [5, 5.41) is 0. The van der Waals surface area contributed by atoms with Crippen LogP contribution in [0.5, 0.6) is 11.5 Å². The molecular formula is C28H27NO3. The number of hydrogen-bond donors (Lipinski definition) is 0. The molecule has 0 radical (unpaired) electrons. The lowest BCUT2D eigenvalue weighted by Crippen LogP contribution is -2.29. The highest BCUT2D eigenvalue weighted by atomic mass is 16.5. The maximum absolute atomic E-state index is 13.1. The third kappa shape index (κ3) is 3.60. The molecule has 1 fully saturated rings. The molecule has 2 aliphatic rings. The molecule has 0 N–H and O–H groups in total. The molecule has 1 saturated carbocycles. The van der Waals surface area contributed by atoms with Gasteiger partial charge in [0.05, 0.1) is 26.0 Å². The highest BCUT2D eigenvalue weighted by Crippen LogP contribution is 2.44. The van der Waals surface area contributed by atoms with Gasteiger partial charge in [0.25, 0.3) is 0 Å². The molecular weight excluding hydrogens is 398 g/mol. The molecule has 162 valence electrons. The zero-order valence-electron chi connectivity index (χ0n) is 18.5. The Hall–Kier alpha value is -3.40. The summed E-state index contributed by atoms with van der Waals surface area (Å²) in [6.45, 7) is 0. The van der Waals surface area contributed by atoms with E-state index in [1.54, 1.807) is 14.2 Å². The van der Waals surface area contributed by atoms with E-state index in [4.69, 9.17) is 14.5 Å². The van der Waals surface area contributed by atoms with Gasteiger partial charge in [0.2, 0.25) is 0 Å². The van der Waals surface area contributed by atoms with Crippen LogP contribution in [0.25, 0.3) is 0 Å². The van der Waals surface area contributed by atoms with Gasteiger partial charge in [0, 0.05) is 28.2 Å². The molecule has 2 atom stereocenters. The fraction of sp³-hybridized carbons (Fsp3) is 0.286. The summed E-state index contributed by atoms with van der Waals surface area (Å²) in [6, 6.07) is 21.7. The minimum absolute atomic E-state index is 0.0203. The molecule has 2 unspecified atom stereocenters. The van der Waals surface area contributed by atoms with E-state index >= 15 is 0 Å². The Kier molecular flexibility index (Phi) is 5.52. The molecule has 0 aromatic heterocycles. The van der Waals surface area contributed by atoms with E-state index in [-0.39, 0.29) is 11.8 Å². The number of ether oxygens (including phenoxy) is 2. The number of fused-ring (bicyclic) bond motifs is 3. The molecule has 3 aromatic rings. The average Bonchev–Trinajstić information content (AvgIpc) is 2.87. The van der Waals surface area contributed by atoms with Crippen LogP contribution in [0.15, 0.2) is 71.7 Å². The second-order valence-corrected chi connectivity index (χ2v) is 8.51. The van der Waals surface area contributed by atoms with E-state index in [1.165, 1.54) is 18.4 Å². The highest BCUT2D eigenvalue weighted by molar-refractivity contribution is 6.17. The number of nitrogens with zero attached hydrogens (tertiary/aromatic N) is 1. The van der Waals surface area contributed by atoms with Crippen LogP contribution in [0.3, 0.4) is 0 Å². The van der Waals surface area contributed by atoms with Crippen molar-refractivity contribution in [2.45, 2.75) is 37.6 Å². The summed E-state index contributed by atoms with van der Waals surface area (Å²) in [5.41, 5.74) is 5.61. The SMILES string of the molecule is COc1cc2c(cc1OC)C1CCCCC1N=C2c1cccc(C(=O)c2ccccc2)c1. The number of benzene rings is 3. The third-order valence-electron chi connectivity index (χ3n) is 6.67. The number of methoxy groups -OCH3 is 2. The molecule has 1 aliphatic carbocycles. The van der Waals surface area contributed by atoms with E-state index in [0.29, 0.717) is 22.8 Å². The number of carbonyl (C=O) groups excluding carboxylic acids is 1. The van der Waals surface area contributed by atoms with Crippen LogP contribution in [-0.4, -0.2) is 31.8 Å². The molecule has 0 saturated heterocycles. The maximum Gasteiger partial charge on any atom is 0.193 e. The Morgan fingerprint density at radius 1 is 0.844 bits per heavy atom. The minimum Gasteiger partial charge on any atom is -0.493 e. The van der Waals surface area contributed by atoms with Crippen molar-refractivity contribution in [2.75, 3.05) is 14.2 Å². The van der Waals surface area contributed by atoms with Gasteiger partial charge in [0.15, 0.2) is 17.3 Å². The Bertz CT molecular complexity index is 1180. The lowest BCUT2D eigenvalue weighted by atomic mass is 9.75. The number of carbonyl (C=O) groups is 1. The normalized spacial score (nSPS) is 19.4. The Morgan fingerprint density at radius 2 is 1.56 bits per heavy atom. The molecule has 5 rings (SSSR count). The number of rotatable bonds is 5. The first-order valence-electron chi connectivity index (χ1n) is 11.2. The van der Waals surface area contributed by atoms with Gasteiger partial charge in [-0.2, -0.15) is 0 Å². The van der Waals surface area contributed by atoms with Crippen molar-refractivity contribution in [3.63, 3.8) is 0 Å². The Labute approximate surface area is 188 Å². The quantitative estimate of drug-likeness (QED) is 0.485. The van der Waals surface area contributed by atoms with Crippen molar-refractivity contribution < 1.29 is 14.3 Å². The zero-order valence-corrected chi connectivity index (χ0v) is 18.5. The van der Waals surface area contributed by atoms with E-state index in [9.17, 15) is 4.79 Å². The van der Waals surface area contributed by atoms with E-state index in [2.05, 4.69) is 6.07 Å². The Morgan fingerprint density at radius 3 is 2.34 bits per heavy atom. The first kappa shape index (κ1) is 20.5. The van der Waals surface area contributed by atoms with Crippen LogP contribution in [-0.2, 0) is 0 Å². The summed E-state index contributed by atoms with van der Waals surface area (Å²) in [4.78, 5) is 18.3. The van der Waals surface area contributed by atoms with Gasteiger partial charge >= 0.3 is 0 Å². The molecule has 1 heterocycles. The molecule has 4 heteroatoms. The second kappa shape index (κ2) is 8.62. The fourth-order valence-electron chi connectivity index (χ4n) is 5.06. The fourth-order valence-corrected chi connectivity index (χ4v) is 5.06. The van der Waals surface area contributed by atoms with Crippen LogP contribution in [0.4, 0.5) is 0 Å². The van der Waals surface area contributed by atoms with E-state index in [0.717, 1.165) is 35.4 Å². The molecule has 3 aromatic carbocycles. The summed E-state index contributed by atoms with van der Waals surface area (Å²) in [6.07, 6.45) is 4.65. The van der Waals surface area contributed by atoms with Crippen molar-refractivity contribution in [3.8, 4) is 11.5 Å². The Balaban J connectivity index is 1.62. The van der Waals surface area contributed by atoms with Gasteiger partial charge in [-0.1, -0.05) is 61.4 Å². The largest absolute Gasteiger partial charge is 0.493 e. The summed E-state index contributed by atoms with van der Waals surface area (Å²) >= 11 is 0. The van der Waals surface area contributed by atoms with Crippen LogP contribution < -0.4 is 9.47 Å². The lowest BCUT2D eigenvalue weighted by molar-refractivity contribution is 0.103. The van der Waals surface area contributed by atoms with Gasteiger partial charge in [-0.25, -0.2) is 0 Å². The molecule has 0 amide bonds. The smallest absolute Gasteiger partial charge is 0.193 e. The van der Waals surface area contributed by atoms with Crippen molar-refractivity contribution in [3.05, 3.63) is 94.5 Å². The minimum atomic E-state index is 0.0203. The van der Waals surface area contributed by atoms with Crippen LogP contribution >= 0.6 is 0 Å². The summed E-state index contributed by atoms with van der Waals surface area (Å²) in [5.74, 6) is 1.87. The standard InChI is InChI=1S/C28H27NO3/c1-31-25-16-22-21-13-6-7-14-24(21)29-27(23(22)17-26(25)32-2)19-11-8-12-20(15-19)28(30)18-9-4-3-5-10-18/h3-5,8-12,15-17,21,24H,6-7,13-14H2,1-2H3. The monoisotopic (exact) mass is 425 g/mol. The number of hydrogen-bond acceptors (Lipinski definition) is 4. The van der Waals surface area contributed by atoms with E-state index in [1.807, 2.05) is 60.7 Å².